The van der Waals surface area contributed by atoms with E-state index in [2.05, 4.69) is 29.6 Å². The van der Waals surface area contributed by atoms with Gasteiger partial charge in [-0.2, -0.15) is 0 Å². The minimum absolute atomic E-state index is 0.787. The highest BCUT2D eigenvalue weighted by atomic mass is 15.0. The third-order valence-corrected chi connectivity index (χ3v) is 4.87. The van der Waals surface area contributed by atoms with E-state index in [0.29, 0.717) is 0 Å². The molecule has 0 amide bonds. The molecule has 2 N–H and O–H groups in total. The summed E-state index contributed by atoms with van der Waals surface area (Å²) in [6, 6.07) is 1.59. The molecule has 112 valence electrons. The van der Waals surface area contributed by atoms with Crippen LogP contribution in [-0.2, 0) is 0 Å². The molecule has 19 heavy (non-hydrogen) atoms. The molecule has 0 aromatic carbocycles. The summed E-state index contributed by atoms with van der Waals surface area (Å²) in [6.07, 6.45) is 11.1. The molecule has 0 spiro atoms. The van der Waals surface area contributed by atoms with Crippen molar-refractivity contribution >= 4 is 0 Å². The van der Waals surface area contributed by atoms with E-state index in [0.717, 1.165) is 18.0 Å². The van der Waals surface area contributed by atoms with Crippen molar-refractivity contribution in [2.75, 3.05) is 33.7 Å². The first-order chi connectivity index (χ1) is 9.27. The summed E-state index contributed by atoms with van der Waals surface area (Å²) in [7, 11) is 4.32. The number of nitrogens with one attached hydrogen (secondary N) is 2. The minimum atomic E-state index is 0.787. The van der Waals surface area contributed by atoms with E-state index >= 15 is 0 Å². The lowest BCUT2D eigenvalue weighted by molar-refractivity contribution is 0.256. The van der Waals surface area contributed by atoms with Gasteiger partial charge in [-0.25, -0.2) is 0 Å². The maximum Gasteiger partial charge on any atom is 0.0110 e. The van der Waals surface area contributed by atoms with Gasteiger partial charge in [0.25, 0.3) is 0 Å². The zero-order valence-corrected chi connectivity index (χ0v) is 13.0. The Kier molecular flexibility index (Phi) is 6.62. The Hall–Kier alpha value is -0.120. The predicted molar refractivity (Wildman–Crippen MR) is 82.6 cm³/mol. The van der Waals surface area contributed by atoms with E-state index in [1.165, 1.54) is 71.0 Å². The molecule has 1 saturated heterocycles. The number of unbranched alkanes of at least 4 members (excludes halogenated alkanes) is 1. The summed E-state index contributed by atoms with van der Waals surface area (Å²) in [6.45, 7) is 3.68. The lowest BCUT2D eigenvalue weighted by Crippen LogP contribution is -2.47. The summed E-state index contributed by atoms with van der Waals surface area (Å²) in [5, 5.41) is 7.61. The minimum Gasteiger partial charge on any atom is -0.314 e. The van der Waals surface area contributed by atoms with Crippen molar-refractivity contribution in [2.24, 2.45) is 5.92 Å². The first-order valence-corrected chi connectivity index (χ1v) is 8.39. The zero-order valence-electron chi connectivity index (χ0n) is 13.0. The fourth-order valence-corrected chi connectivity index (χ4v) is 3.81. The number of piperidine rings is 1. The van der Waals surface area contributed by atoms with Crippen LogP contribution in [0.3, 0.4) is 0 Å². The molecule has 0 aromatic rings. The Labute approximate surface area is 119 Å². The molecule has 2 aliphatic rings. The van der Waals surface area contributed by atoms with Gasteiger partial charge in [-0.3, -0.25) is 0 Å². The molecule has 1 saturated carbocycles. The van der Waals surface area contributed by atoms with Crippen LogP contribution in [0, 0.1) is 5.92 Å². The van der Waals surface area contributed by atoms with E-state index in [4.69, 9.17) is 0 Å². The smallest absolute Gasteiger partial charge is 0.0110 e. The molecule has 0 radical (unpaired) electrons. The van der Waals surface area contributed by atoms with Crippen molar-refractivity contribution < 1.29 is 0 Å². The molecule has 1 aliphatic heterocycles. The second-order valence-corrected chi connectivity index (χ2v) is 6.72. The Morgan fingerprint density at radius 2 is 1.95 bits per heavy atom. The second-order valence-electron chi connectivity index (χ2n) is 6.72. The van der Waals surface area contributed by atoms with Crippen molar-refractivity contribution in [3.63, 3.8) is 0 Å². The van der Waals surface area contributed by atoms with Crippen LogP contribution in [0.1, 0.15) is 51.4 Å². The van der Waals surface area contributed by atoms with Gasteiger partial charge in [-0.05, 0) is 78.2 Å². The Bertz CT molecular complexity index is 236. The zero-order chi connectivity index (χ0) is 13.5. The van der Waals surface area contributed by atoms with E-state index in [9.17, 15) is 0 Å². The summed E-state index contributed by atoms with van der Waals surface area (Å²) in [5.41, 5.74) is 0. The summed E-state index contributed by atoms with van der Waals surface area (Å²) < 4.78 is 0. The van der Waals surface area contributed by atoms with Crippen molar-refractivity contribution in [3.05, 3.63) is 0 Å². The number of rotatable bonds is 7. The average Bonchev–Trinajstić information content (AvgIpc) is 2.87. The quantitative estimate of drug-likeness (QED) is 0.693. The van der Waals surface area contributed by atoms with Gasteiger partial charge in [0, 0.05) is 12.1 Å². The van der Waals surface area contributed by atoms with E-state index < -0.39 is 0 Å². The molecule has 3 heteroatoms. The van der Waals surface area contributed by atoms with Crippen molar-refractivity contribution in [1.29, 1.82) is 0 Å². The maximum atomic E-state index is 3.84. The van der Waals surface area contributed by atoms with Gasteiger partial charge in [-0.1, -0.05) is 12.8 Å². The molecule has 2 rings (SSSR count). The van der Waals surface area contributed by atoms with Gasteiger partial charge < -0.3 is 15.5 Å². The van der Waals surface area contributed by atoms with Gasteiger partial charge in [0.15, 0.2) is 0 Å². The molecular weight excluding hydrogens is 234 g/mol. The van der Waals surface area contributed by atoms with Crippen LogP contribution >= 0.6 is 0 Å². The van der Waals surface area contributed by atoms with Crippen LogP contribution in [0.25, 0.3) is 0 Å². The van der Waals surface area contributed by atoms with E-state index in [1.807, 2.05) is 0 Å². The van der Waals surface area contributed by atoms with Crippen LogP contribution in [-0.4, -0.2) is 50.7 Å². The Morgan fingerprint density at radius 1 is 1.05 bits per heavy atom. The van der Waals surface area contributed by atoms with Crippen LogP contribution in [0.5, 0.6) is 0 Å². The van der Waals surface area contributed by atoms with Gasteiger partial charge in [0.2, 0.25) is 0 Å². The molecule has 0 bridgehead atoms. The number of nitrogens with zero attached hydrogens (tertiary/aromatic N) is 1. The normalized spacial score (nSPS) is 32.1. The standard InChI is InChI=1S/C16H33N3/c1-19(2)13-6-5-12-18-16-10-7-8-14(16)15-9-3-4-11-17-15/h14-18H,3-13H2,1-2H3. The van der Waals surface area contributed by atoms with Crippen LogP contribution in [0.15, 0.2) is 0 Å². The molecular formula is C16H33N3. The SMILES string of the molecule is CN(C)CCCCNC1CCCC1C1CCCCN1. The second kappa shape index (κ2) is 8.23. The third-order valence-electron chi connectivity index (χ3n) is 4.87. The average molecular weight is 267 g/mol. The van der Waals surface area contributed by atoms with Gasteiger partial charge >= 0.3 is 0 Å². The lowest BCUT2D eigenvalue weighted by Gasteiger charge is -2.33. The number of hydrogen-bond acceptors (Lipinski definition) is 3. The molecule has 3 atom stereocenters. The van der Waals surface area contributed by atoms with Crippen LogP contribution in [0.4, 0.5) is 0 Å². The molecule has 0 aromatic heterocycles. The van der Waals surface area contributed by atoms with E-state index in [-0.39, 0.29) is 0 Å². The van der Waals surface area contributed by atoms with Gasteiger partial charge in [0.1, 0.15) is 0 Å². The largest absolute Gasteiger partial charge is 0.314 e. The van der Waals surface area contributed by atoms with E-state index in [1.54, 1.807) is 0 Å². The highest BCUT2D eigenvalue weighted by Gasteiger charge is 2.33. The topological polar surface area (TPSA) is 27.3 Å². The maximum absolute atomic E-state index is 3.84. The molecule has 3 nitrogen and oxygen atoms in total. The Morgan fingerprint density at radius 3 is 2.68 bits per heavy atom. The third kappa shape index (κ3) is 5.05. The monoisotopic (exact) mass is 267 g/mol. The first kappa shape index (κ1) is 15.3. The predicted octanol–water partition coefficient (Wildman–Crippen LogP) is 2.23. The molecule has 1 aliphatic carbocycles. The van der Waals surface area contributed by atoms with Gasteiger partial charge in [0.05, 0.1) is 0 Å². The van der Waals surface area contributed by atoms with Crippen molar-refractivity contribution in [2.45, 2.75) is 63.5 Å². The first-order valence-electron chi connectivity index (χ1n) is 8.39. The Balaban J connectivity index is 1.64. The summed E-state index contributed by atoms with van der Waals surface area (Å²) >= 11 is 0. The molecule has 3 unspecified atom stereocenters. The highest BCUT2D eigenvalue weighted by Crippen LogP contribution is 2.31. The fourth-order valence-electron chi connectivity index (χ4n) is 3.81. The molecule has 1 heterocycles. The van der Waals surface area contributed by atoms with Gasteiger partial charge in [-0.15, -0.1) is 0 Å². The van der Waals surface area contributed by atoms with Crippen molar-refractivity contribution in [1.82, 2.24) is 15.5 Å². The van der Waals surface area contributed by atoms with Crippen LogP contribution in [0.2, 0.25) is 0 Å². The lowest BCUT2D eigenvalue weighted by atomic mass is 9.88. The van der Waals surface area contributed by atoms with Crippen LogP contribution < -0.4 is 10.6 Å². The highest BCUT2D eigenvalue weighted by molar-refractivity contribution is 4.92. The van der Waals surface area contributed by atoms with Crippen molar-refractivity contribution in [3.8, 4) is 0 Å². The fraction of sp³-hybridized carbons (Fsp3) is 1.00. The summed E-state index contributed by atoms with van der Waals surface area (Å²) in [5.74, 6) is 0.897. The molecule has 2 fully saturated rings. The summed E-state index contributed by atoms with van der Waals surface area (Å²) in [4.78, 5) is 2.28. The number of hydrogen-bond donors (Lipinski definition) is 2.